The van der Waals surface area contributed by atoms with Gasteiger partial charge in [-0.15, -0.1) is 0 Å². The second kappa shape index (κ2) is 7.58. The van der Waals surface area contributed by atoms with Crippen LogP contribution in [0.1, 0.15) is 24.1 Å². The molecule has 0 saturated heterocycles. The minimum atomic E-state index is 0.354. The van der Waals surface area contributed by atoms with Gasteiger partial charge >= 0.3 is 0 Å². The quantitative estimate of drug-likeness (QED) is 0.867. The van der Waals surface area contributed by atoms with Crippen LogP contribution in [-0.2, 0) is 6.54 Å². The topological polar surface area (TPSA) is 29.3 Å². The Bertz CT molecular complexity index is 510. The lowest BCUT2D eigenvalue weighted by Gasteiger charge is -2.29. The molecule has 0 fully saturated rings. The Kier molecular flexibility index (Phi) is 5.77. The highest BCUT2D eigenvalue weighted by atomic mass is 79.9. The van der Waals surface area contributed by atoms with Crippen LogP contribution in [0, 0.1) is 0 Å². The molecule has 2 N–H and O–H groups in total. The lowest BCUT2D eigenvalue weighted by Crippen LogP contribution is -2.31. The van der Waals surface area contributed by atoms with Crippen molar-refractivity contribution in [2.45, 2.75) is 19.5 Å². The van der Waals surface area contributed by atoms with Crippen LogP contribution in [0.3, 0.4) is 0 Å². The fraction of sp³-hybridized carbons (Fsp3) is 0.294. The normalized spacial score (nSPS) is 12.6. The average molecular weight is 333 g/mol. The van der Waals surface area contributed by atoms with E-state index in [4.69, 9.17) is 5.73 Å². The number of halogens is 1. The molecule has 0 radical (unpaired) electrons. The molecule has 1 atom stereocenters. The molecule has 2 rings (SSSR count). The molecular formula is C17H21BrN2. The highest BCUT2D eigenvalue weighted by molar-refractivity contribution is 9.10. The molecule has 0 aliphatic rings. The highest BCUT2D eigenvalue weighted by Crippen LogP contribution is 2.23. The highest BCUT2D eigenvalue weighted by Gasteiger charge is 2.15. The molecule has 0 bridgehead atoms. The van der Waals surface area contributed by atoms with Crippen molar-refractivity contribution in [3.63, 3.8) is 0 Å². The second-order valence-corrected chi connectivity index (χ2v) is 5.89. The van der Waals surface area contributed by atoms with Crippen LogP contribution in [0.15, 0.2) is 59.1 Å². The molecule has 0 aromatic heterocycles. The van der Waals surface area contributed by atoms with Crippen molar-refractivity contribution in [2.24, 2.45) is 5.73 Å². The van der Waals surface area contributed by atoms with Crippen molar-refractivity contribution in [2.75, 3.05) is 13.1 Å². The van der Waals surface area contributed by atoms with Crippen molar-refractivity contribution >= 4 is 15.9 Å². The number of rotatable bonds is 6. The SMILES string of the molecule is CC(c1ccc(Br)cc1)N(CCN)Cc1ccccc1. The number of benzene rings is 2. The molecule has 0 spiro atoms. The van der Waals surface area contributed by atoms with Gasteiger partial charge in [0.15, 0.2) is 0 Å². The van der Waals surface area contributed by atoms with Crippen LogP contribution in [0.2, 0.25) is 0 Å². The molecule has 2 nitrogen and oxygen atoms in total. The summed E-state index contributed by atoms with van der Waals surface area (Å²) in [5, 5.41) is 0. The summed E-state index contributed by atoms with van der Waals surface area (Å²) in [6.07, 6.45) is 0. The van der Waals surface area contributed by atoms with Crippen LogP contribution < -0.4 is 5.73 Å². The summed E-state index contributed by atoms with van der Waals surface area (Å²) in [5.74, 6) is 0. The molecule has 106 valence electrons. The van der Waals surface area contributed by atoms with Gasteiger partial charge in [-0.05, 0) is 30.2 Å². The fourth-order valence-corrected chi connectivity index (χ4v) is 2.61. The van der Waals surface area contributed by atoms with Gasteiger partial charge in [-0.1, -0.05) is 58.4 Å². The third-order valence-corrected chi connectivity index (χ3v) is 4.07. The number of hydrogen-bond acceptors (Lipinski definition) is 2. The Morgan fingerprint density at radius 1 is 1.05 bits per heavy atom. The smallest absolute Gasteiger partial charge is 0.0323 e. The Balaban J connectivity index is 2.13. The zero-order valence-electron chi connectivity index (χ0n) is 11.8. The van der Waals surface area contributed by atoms with E-state index in [2.05, 4.69) is 82.4 Å². The summed E-state index contributed by atoms with van der Waals surface area (Å²) < 4.78 is 1.11. The largest absolute Gasteiger partial charge is 0.329 e. The summed E-state index contributed by atoms with van der Waals surface area (Å²) in [5.41, 5.74) is 8.42. The van der Waals surface area contributed by atoms with E-state index in [1.165, 1.54) is 11.1 Å². The average Bonchev–Trinajstić information content (AvgIpc) is 2.48. The number of nitrogens with zero attached hydrogens (tertiary/aromatic N) is 1. The van der Waals surface area contributed by atoms with Gasteiger partial charge in [0.1, 0.15) is 0 Å². The first-order valence-corrected chi connectivity index (χ1v) is 7.73. The Morgan fingerprint density at radius 2 is 1.70 bits per heavy atom. The molecule has 2 aromatic carbocycles. The first-order chi connectivity index (χ1) is 9.70. The first kappa shape index (κ1) is 15.2. The van der Waals surface area contributed by atoms with E-state index in [1.54, 1.807) is 0 Å². The molecule has 20 heavy (non-hydrogen) atoms. The van der Waals surface area contributed by atoms with Crippen LogP contribution >= 0.6 is 15.9 Å². The maximum atomic E-state index is 5.77. The van der Waals surface area contributed by atoms with Gasteiger partial charge in [0.25, 0.3) is 0 Å². The van der Waals surface area contributed by atoms with Gasteiger partial charge in [0, 0.05) is 30.1 Å². The molecule has 0 aliphatic heterocycles. The summed E-state index contributed by atoms with van der Waals surface area (Å²) >= 11 is 3.48. The van der Waals surface area contributed by atoms with Crippen LogP contribution in [0.25, 0.3) is 0 Å². The molecule has 1 unspecified atom stereocenters. The van der Waals surface area contributed by atoms with E-state index in [0.29, 0.717) is 12.6 Å². The third-order valence-electron chi connectivity index (χ3n) is 3.54. The monoisotopic (exact) mass is 332 g/mol. The van der Waals surface area contributed by atoms with Crippen molar-refractivity contribution < 1.29 is 0 Å². The second-order valence-electron chi connectivity index (χ2n) is 4.97. The van der Waals surface area contributed by atoms with Crippen LogP contribution in [0.4, 0.5) is 0 Å². The third kappa shape index (κ3) is 4.17. The zero-order valence-corrected chi connectivity index (χ0v) is 13.4. The van der Waals surface area contributed by atoms with E-state index in [1.807, 2.05) is 0 Å². The van der Waals surface area contributed by atoms with Gasteiger partial charge in [0.2, 0.25) is 0 Å². The number of hydrogen-bond donors (Lipinski definition) is 1. The first-order valence-electron chi connectivity index (χ1n) is 6.94. The standard InChI is InChI=1S/C17H21BrN2/c1-14(16-7-9-17(18)10-8-16)20(12-11-19)13-15-5-3-2-4-6-15/h2-10,14H,11-13,19H2,1H3. The predicted octanol–water partition coefficient (Wildman–Crippen LogP) is 3.97. The minimum absolute atomic E-state index is 0.354. The minimum Gasteiger partial charge on any atom is -0.329 e. The Labute approximate surface area is 129 Å². The molecule has 0 amide bonds. The molecule has 0 saturated carbocycles. The van der Waals surface area contributed by atoms with E-state index < -0.39 is 0 Å². The summed E-state index contributed by atoms with van der Waals surface area (Å²) in [6, 6.07) is 19.4. The van der Waals surface area contributed by atoms with E-state index in [9.17, 15) is 0 Å². The van der Waals surface area contributed by atoms with Crippen molar-refractivity contribution in [3.8, 4) is 0 Å². The molecular weight excluding hydrogens is 312 g/mol. The maximum Gasteiger partial charge on any atom is 0.0323 e. The van der Waals surface area contributed by atoms with E-state index in [-0.39, 0.29) is 0 Å². The van der Waals surface area contributed by atoms with Gasteiger partial charge < -0.3 is 5.73 Å². The van der Waals surface area contributed by atoms with Crippen molar-refractivity contribution in [1.82, 2.24) is 4.90 Å². The Morgan fingerprint density at radius 3 is 2.30 bits per heavy atom. The van der Waals surface area contributed by atoms with Crippen LogP contribution in [-0.4, -0.2) is 18.0 Å². The molecule has 3 heteroatoms. The number of nitrogens with two attached hydrogens (primary N) is 1. The van der Waals surface area contributed by atoms with Gasteiger partial charge in [0.05, 0.1) is 0 Å². The van der Waals surface area contributed by atoms with Gasteiger partial charge in [-0.2, -0.15) is 0 Å². The van der Waals surface area contributed by atoms with E-state index >= 15 is 0 Å². The lowest BCUT2D eigenvalue weighted by molar-refractivity contribution is 0.207. The van der Waals surface area contributed by atoms with Crippen molar-refractivity contribution in [3.05, 3.63) is 70.2 Å². The molecule has 0 heterocycles. The van der Waals surface area contributed by atoms with E-state index in [0.717, 1.165) is 17.6 Å². The molecule has 0 aliphatic carbocycles. The lowest BCUT2D eigenvalue weighted by atomic mass is 10.1. The zero-order chi connectivity index (χ0) is 14.4. The Hall–Kier alpha value is -1.16. The summed E-state index contributed by atoms with van der Waals surface area (Å²) in [6.45, 7) is 4.73. The van der Waals surface area contributed by atoms with Crippen molar-refractivity contribution in [1.29, 1.82) is 0 Å². The van der Waals surface area contributed by atoms with Crippen LogP contribution in [0.5, 0.6) is 0 Å². The van der Waals surface area contributed by atoms with Gasteiger partial charge in [-0.3, -0.25) is 4.90 Å². The summed E-state index contributed by atoms with van der Waals surface area (Å²) in [4.78, 5) is 2.42. The van der Waals surface area contributed by atoms with Gasteiger partial charge in [-0.25, -0.2) is 0 Å². The predicted molar refractivity (Wildman–Crippen MR) is 88.5 cm³/mol. The maximum absolute atomic E-state index is 5.77. The fourth-order valence-electron chi connectivity index (χ4n) is 2.35. The molecule has 2 aromatic rings. The summed E-state index contributed by atoms with van der Waals surface area (Å²) in [7, 11) is 0.